The lowest BCUT2D eigenvalue weighted by molar-refractivity contribution is -0.138. The van der Waals surface area contributed by atoms with Crippen LogP contribution in [0.4, 0.5) is 5.82 Å². The van der Waals surface area contributed by atoms with Crippen LogP contribution in [0.1, 0.15) is 6.92 Å². The van der Waals surface area contributed by atoms with Crippen LogP contribution < -0.4 is 14.4 Å². The molecule has 1 saturated heterocycles. The molecule has 1 aliphatic rings. The molecule has 2 heterocycles. The minimum Gasteiger partial charge on any atom is -0.497 e. The average Bonchev–Trinajstić information content (AvgIpc) is 2.69. The fourth-order valence-corrected chi connectivity index (χ4v) is 2.86. The van der Waals surface area contributed by atoms with Crippen molar-refractivity contribution in [1.82, 2.24) is 9.88 Å². The highest BCUT2D eigenvalue weighted by Crippen LogP contribution is 2.19. The van der Waals surface area contributed by atoms with Gasteiger partial charge in [0.25, 0.3) is 5.91 Å². The second-order valence-electron chi connectivity index (χ2n) is 5.94. The van der Waals surface area contributed by atoms with Crippen LogP contribution in [-0.2, 0) is 4.79 Å². The summed E-state index contributed by atoms with van der Waals surface area (Å²) in [6.07, 6.45) is 1.27. The third-order valence-corrected chi connectivity index (χ3v) is 4.28. The van der Waals surface area contributed by atoms with Gasteiger partial charge < -0.3 is 19.3 Å². The first-order chi connectivity index (χ1) is 12.2. The van der Waals surface area contributed by atoms with Gasteiger partial charge in [-0.25, -0.2) is 4.98 Å². The Hall–Kier alpha value is -2.76. The van der Waals surface area contributed by atoms with E-state index in [9.17, 15) is 4.79 Å². The van der Waals surface area contributed by atoms with Crippen LogP contribution in [0.25, 0.3) is 0 Å². The van der Waals surface area contributed by atoms with E-state index in [1.54, 1.807) is 20.2 Å². The number of carbonyl (C=O) groups excluding carboxylic acids is 1. The Balaban J connectivity index is 1.52. The molecule has 1 amide bonds. The normalized spacial score (nSPS) is 15.6. The second kappa shape index (κ2) is 7.88. The summed E-state index contributed by atoms with van der Waals surface area (Å²) in [6.45, 7) is 4.69. The number of anilines is 1. The summed E-state index contributed by atoms with van der Waals surface area (Å²) in [4.78, 5) is 21.0. The van der Waals surface area contributed by atoms with Crippen LogP contribution in [0, 0.1) is 0 Å². The van der Waals surface area contributed by atoms with Gasteiger partial charge in [-0.3, -0.25) is 4.79 Å². The topological polar surface area (TPSA) is 54.9 Å². The minimum atomic E-state index is -0.519. The molecule has 2 aromatic rings. The van der Waals surface area contributed by atoms with Gasteiger partial charge in [0.05, 0.1) is 7.11 Å². The highest BCUT2D eigenvalue weighted by Gasteiger charge is 2.26. The number of pyridine rings is 1. The molecule has 1 aromatic heterocycles. The zero-order valence-corrected chi connectivity index (χ0v) is 14.6. The van der Waals surface area contributed by atoms with Crippen molar-refractivity contribution in [2.24, 2.45) is 0 Å². The first-order valence-corrected chi connectivity index (χ1v) is 8.43. The Morgan fingerprint density at radius 1 is 1.04 bits per heavy atom. The highest BCUT2D eigenvalue weighted by molar-refractivity contribution is 5.81. The lowest BCUT2D eigenvalue weighted by Gasteiger charge is -2.36. The molecule has 3 rings (SSSR count). The molecule has 1 aromatic carbocycles. The number of methoxy groups -OCH3 is 1. The molecule has 0 spiro atoms. The highest BCUT2D eigenvalue weighted by atomic mass is 16.5. The van der Waals surface area contributed by atoms with Crippen LogP contribution in [0.5, 0.6) is 11.5 Å². The zero-order chi connectivity index (χ0) is 17.6. The molecule has 6 heteroatoms. The van der Waals surface area contributed by atoms with E-state index < -0.39 is 6.10 Å². The number of benzene rings is 1. The molecule has 0 saturated carbocycles. The van der Waals surface area contributed by atoms with Gasteiger partial charge in [-0.05, 0) is 43.3 Å². The molecule has 0 radical (unpaired) electrons. The molecule has 1 atom stereocenters. The second-order valence-corrected chi connectivity index (χ2v) is 5.94. The lowest BCUT2D eigenvalue weighted by atomic mass is 10.2. The van der Waals surface area contributed by atoms with Crippen molar-refractivity contribution in [2.45, 2.75) is 13.0 Å². The molecule has 0 aliphatic carbocycles. The summed E-state index contributed by atoms with van der Waals surface area (Å²) < 4.78 is 10.9. The molecule has 0 N–H and O–H groups in total. The summed E-state index contributed by atoms with van der Waals surface area (Å²) in [5.74, 6) is 2.39. The van der Waals surface area contributed by atoms with Crippen molar-refractivity contribution in [2.75, 3.05) is 38.2 Å². The number of amides is 1. The van der Waals surface area contributed by atoms with Crippen molar-refractivity contribution in [3.63, 3.8) is 0 Å². The SMILES string of the molecule is COc1ccc(O[C@H](C)C(=O)N2CCN(c3ccccn3)CC2)cc1. The average molecular weight is 341 g/mol. The molecule has 25 heavy (non-hydrogen) atoms. The molecule has 132 valence electrons. The van der Waals surface area contributed by atoms with Crippen molar-refractivity contribution in [3.8, 4) is 11.5 Å². The summed E-state index contributed by atoms with van der Waals surface area (Å²) in [6, 6.07) is 13.1. The monoisotopic (exact) mass is 341 g/mol. The van der Waals surface area contributed by atoms with Crippen molar-refractivity contribution < 1.29 is 14.3 Å². The minimum absolute atomic E-state index is 0.0106. The number of aromatic nitrogens is 1. The van der Waals surface area contributed by atoms with Crippen molar-refractivity contribution in [3.05, 3.63) is 48.7 Å². The maximum absolute atomic E-state index is 12.6. The van der Waals surface area contributed by atoms with Crippen LogP contribution in [0.15, 0.2) is 48.7 Å². The fourth-order valence-electron chi connectivity index (χ4n) is 2.86. The van der Waals surface area contributed by atoms with Crippen molar-refractivity contribution in [1.29, 1.82) is 0 Å². The number of hydrogen-bond donors (Lipinski definition) is 0. The fraction of sp³-hybridized carbons (Fsp3) is 0.368. The lowest BCUT2D eigenvalue weighted by Crippen LogP contribution is -2.52. The molecular weight excluding hydrogens is 318 g/mol. The number of carbonyl (C=O) groups is 1. The molecule has 1 aliphatic heterocycles. The maximum atomic E-state index is 12.6. The number of nitrogens with zero attached hydrogens (tertiary/aromatic N) is 3. The molecular formula is C19H23N3O3. The van der Waals surface area contributed by atoms with Crippen molar-refractivity contribution >= 4 is 11.7 Å². The van der Waals surface area contributed by atoms with Gasteiger partial charge in [0.15, 0.2) is 6.10 Å². The Kier molecular flexibility index (Phi) is 5.38. The van der Waals surface area contributed by atoms with E-state index in [2.05, 4.69) is 9.88 Å². The van der Waals surface area contributed by atoms with Gasteiger partial charge >= 0.3 is 0 Å². The first kappa shape index (κ1) is 17.1. The van der Waals surface area contributed by atoms with Gasteiger partial charge in [-0.1, -0.05) is 6.07 Å². The van der Waals surface area contributed by atoms with Gasteiger partial charge in [-0.15, -0.1) is 0 Å². The van der Waals surface area contributed by atoms with E-state index in [0.29, 0.717) is 18.8 Å². The van der Waals surface area contributed by atoms with Gasteiger partial charge in [0.2, 0.25) is 0 Å². The number of piperazine rings is 1. The van der Waals surface area contributed by atoms with Gasteiger partial charge in [-0.2, -0.15) is 0 Å². The predicted octanol–water partition coefficient (Wildman–Crippen LogP) is 2.21. The molecule has 6 nitrogen and oxygen atoms in total. The Bertz CT molecular complexity index is 683. The van der Waals surface area contributed by atoms with E-state index >= 15 is 0 Å². The smallest absolute Gasteiger partial charge is 0.263 e. The maximum Gasteiger partial charge on any atom is 0.263 e. The number of ether oxygens (including phenoxy) is 2. The summed E-state index contributed by atoms with van der Waals surface area (Å²) in [7, 11) is 1.62. The Labute approximate surface area is 148 Å². The van der Waals surface area contributed by atoms with Crippen LogP contribution >= 0.6 is 0 Å². The predicted molar refractivity (Wildman–Crippen MR) is 96.1 cm³/mol. The summed E-state index contributed by atoms with van der Waals surface area (Å²) >= 11 is 0. The van der Waals surface area contributed by atoms with E-state index in [-0.39, 0.29) is 5.91 Å². The van der Waals surface area contributed by atoms with E-state index in [1.165, 1.54) is 0 Å². The van der Waals surface area contributed by atoms with E-state index in [1.807, 2.05) is 47.4 Å². The van der Waals surface area contributed by atoms with Gasteiger partial charge in [0.1, 0.15) is 17.3 Å². The molecule has 0 bridgehead atoms. The van der Waals surface area contributed by atoms with E-state index in [0.717, 1.165) is 24.7 Å². The van der Waals surface area contributed by atoms with Crippen LogP contribution in [0.3, 0.4) is 0 Å². The largest absolute Gasteiger partial charge is 0.497 e. The Morgan fingerprint density at radius 3 is 2.32 bits per heavy atom. The first-order valence-electron chi connectivity index (χ1n) is 8.43. The number of rotatable bonds is 5. The van der Waals surface area contributed by atoms with Crippen LogP contribution in [0.2, 0.25) is 0 Å². The third kappa shape index (κ3) is 4.21. The summed E-state index contributed by atoms with van der Waals surface area (Å²) in [5.41, 5.74) is 0. The number of hydrogen-bond acceptors (Lipinski definition) is 5. The standard InChI is InChI=1S/C19H23N3O3/c1-15(25-17-8-6-16(24-2)7-9-17)19(23)22-13-11-21(12-14-22)18-5-3-4-10-20-18/h3-10,15H,11-14H2,1-2H3/t15-/m1/s1. The third-order valence-electron chi connectivity index (χ3n) is 4.28. The quantitative estimate of drug-likeness (QED) is 0.835. The Morgan fingerprint density at radius 2 is 1.72 bits per heavy atom. The van der Waals surface area contributed by atoms with Crippen LogP contribution in [-0.4, -0.2) is 55.2 Å². The molecule has 1 fully saturated rings. The van der Waals surface area contributed by atoms with E-state index in [4.69, 9.17) is 9.47 Å². The summed E-state index contributed by atoms with van der Waals surface area (Å²) in [5, 5.41) is 0. The van der Waals surface area contributed by atoms with Gasteiger partial charge in [0, 0.05) is 32.4 Å². The molecule has 0 unspecified atom stereocenters. The zero-order valence-electron chi connectivity index (χ0n) is 14.6.